The molecule has 12 nitrogen and oxygen atoms in total. The number of para-hydroxylation sites is 2. The van der Waals surface area contributed by atoms with E-state index in [2.05, 4.69) is 39.6 Å². The molecule has 13 heteroatoms. The fourth-order valence-corrected chi connectivity index (χ4v) is 12.2. The highest BCUT2D eigenvalue weighted by Crippen LogP contribution is 2.59. The van der Waals surface area contributed by atoms with Gasteiger partial charge in [-0.2, -0.15) is 0 Å². The Labute approximate surface area is 311 Å². The lowest BCUT2D eigenvalue weighted by molar-refractivity contribution is -0.146. The van der Waals surface area contributed by atoms with Crippen LogP contribution in [0.5, 0.6) is 0 Å². The Kier molecular flexibility index (Phi) is 9.26. The van der Waals surface area contributed by atoms with E-state index in [1.807, 2.05) is 95.8 Å². The molecule has 0 unspecified atom stereocenters. The first-order valence-corrected chi connectivity index (χ1v) is 21.8. The molecular formula is C40H49N7O5Si. The number of benzene rings is 3. The van der Waals surface area contributed by atoms with Crippen LogP contribution >= 0.6 is 0 Å². The number of aryl methyl sites for hydroxylation is 1. The number of ether oxygens (including phenoxy) is 1. The van der Waals surface area contributed by atoms with Crippen molar-refractivity contribution in [3.8, 4) is 0 Å². The molecule has 0 saturated carbocycles. The second-order valence-electron chi connectivity index (χ2n) is 15.6. The first-order valence-electron chi connectivity index (χ1n) is 18.8. The summed E-state index contributed by atoms with van der Waals surface area (Å²) in [6.07, 6.45) is 3.90. The molecule has 5 heterocycles. The zero-order valence-electron chi connectivity index (χ0n) is 30.7. The zero-order valence-corrected chi connectivity index (χ0v) is 31.7. The number of amides is 2. The normalized spacial score (nSPS) is 25.3. The monoisotopic (exact) mass is 735 g/mol. The summed E-state index contributed by atoms with van der Waals surface area (Å²) < 4.78 is 8.74. The van der Waals surface area contributed by atoms with Gasteiger partial charge in [0, 0.05) is 54.2 Å². The first kappa shape index (κ1) is 35.6. The summed E-state index contributed by atoms with van der Waals surface area (Å²) in [6.45, 7) is 8.75. The molecule has 3 fully saturated rings. The third-order valence-electron chi connectivity index (χ3n) is 12.0. The summed E-state index contributed by atoms with van der Waals surface area (Å²) in [5.41, 5.74) is 3.04. The SMILES string of the molecule is C[C@H]1[C@H]([Si](C)(C)O)[C@@H](CCn2cc(CCO)nn2)O[C@]12C(=O)N(Cc1cccc(N3CN(c4ccccc4)C4(CCNCC4)C3=O)c1)c1ccccc12. The second kappa shape index (κ2) is 13.8. The van der Waals surface area contributed by atoms with Crippen LogP contribution in [0, 0.1) is 5.92 Å². The number of nitrogens with zero attached hydrogens (tertiary/aromatic N) is 6. The van der Waals surface area contributed by atoms with Gasteiger partial charge in [-0.25, -0.2) is 0 Å². The number of aromatic nitrogens is 3. The van der Waals surface area contributed by atoms with Crippen LogP contribution in [0.3, 0.4) is 0 Å². The molecular weight excluding hydrogens is 687 g/mol. The van der Waals surface area contributed by atoms with Crippen molar-refractivity contribution in [3.05, 3.63) is 102 Å². The van der Waals surface area contributed by atoms with Crippen LogP contribution in [0.2, 0.25) is 18.6 Å². The molecule has 3 aromatic carbocycles. The first-order chi connectivity index (χ1) is 25.6. The predicted molar refractivity (Wildman–Crippen MR) is 205 cm³/mol. The van der Waals surface area contributed by atoms with Crippen molar-refractivity contribution < 1.29 is 24.2 Å². The number of anilines is 3. The van der Waals surface area contributed by atoms with Crippen LogP contribution in [0.1, 0.15) is 43.0 Å². The summed E-state index contributed by atoms with van der Waals surface area (Å²) in [5.74, 6) is -0.301. The van der Waals surface area contributed by atoms with E-state index >= 15 is 0 Å². The van der Waals surface area contributed by atoms with Crippen LogP contribution < -0.4 is 20.0 Å². The minimum Gasteiger partial charge on any atom is -0.432 e. The highest BCUT2D eigenvalue weighted by Gasteiger charge is 2.66. The van der Waals surface area contributed by atoms with E-state index in [1.54, 1.807) is 4.68 Å². The van der Waals surface area contributed by atoms with Gasteiger partial charge in [0.15, 0.2) is 13.9 Å². The number of rotatable bonds is 10. The number of nitrogens with one attached hydrogen (secondary N) is 1. The molecule has 2 amide bonds. The van der Waals surface area contributed by atoms with Gasteiger partial charge in [0.2, 0.25) is 0 Å². The zero-order chi connectivity index (χ0) is 37.0. The number of hydrogen-bond acceptors (Lipinski definition) is 9. The molecule has 4 aromatic rings. The summed E-state index contributed by atoms with van der Waals surface area (Å²) >= 11 is 0. The maximum Gasteiger partial charge on any atom is 0.264 e. The van der Waals surface area contributed by atoms with Gasteiger partial charge in [0.05, 0.1) is 30.7 Å². The topological polar surface area (TPSA) is 136 Å². The van der Waals surface area contributed by atoms with Crippen molar-refractivity contribution >= 4 is 37.2 Å². The fraction of sp³-hybridized carbons (Fsp3) is 0.450. The Morgan fingerprint density at radius 3 is 2.45 bits per heavy atom. The molecule has 3 N–H and O–H groups in total. The molecule has 53 heavy (non-hydrogen) atoms. The van der Waals surface area contributed by atoms with E-state index in [1.165, 1.54) is 0 Å². The van der Waals surface area contributed by atoms with E-state index in [0.717, 1.165) is 54.1 Å². The number of carbonyl (C=O) groups excluding carboxylic acids is 2. The van der Waals surface area contributed by atoms with E-state index in [9.17, 15) is 19.5 Å². The van der Waals surface area contributed by atoms with Gasteiger partial charge in [-0.3, -0.25) is 19.2 Å². The molecule has 1 aromatic heterocycles. The molecule has 4 aliphatic heterocycles. The van der Waals surface area contributed by atoms with Crippen molar-refractivity contribution in [2.45, 2.75) is 81.6 Å². The summed E-state index contributed by atoms with van der Waals surface area (Å²) in [7, 11) is -2.83. The van der Waals surface area contributed by atoms with Crippen LogP contribution in [0.15, 0.2) is 85.1 Å². The van der Waals surface area contributed by atoms with E-state index in [4.69, 9.17) is 4.74 Å². The number of carbonyl (C=O) groups is 2. The third-order valence-corrected chi connectivity index (χ3v) is 14.5. The quantitative estimate of drug-likeness (QED) is 0.205. The molecule has 4 aliphatic rings. The van der Waals surface area contributed by atoms with Crippen LogP contribution in [-0.2, 0) is 39.4 Å². The number of piperidine rings is 1. The molecule has 2 spiro atoms. The third kappa shape index (κ3) is 5.98. The second-order valence-corrected chi connectivity index (χ2v) is 19.6. The van der Waals surface area contributed by atoms with Gasteiger partial charge in [0.25, 0.3) is 11.8 Å². The lowest BCUT2D eigenvalue weighted by Gasteiger charge is -2.39. The van der Waals surface area contributed by atoms with Crippen molar-refractivity contribution in [3.63, 3.8) is 0 Å². The highest BCUT2D eigenvalue weighted by molar-refractivity contribution is 6.71. The average Bonchev–Trinajstić information content (AvgIpc) is 3.87. The Morgan fingerprint density at radius 1 is 0.962 bits per heavy atom. The van der Waals surface area contributed by atoms with Gasteiger partial charge in [-0.1, -0.05) is 60.7 Å². The molecule has 0 radical (unpaired) electrons. The van der Waals surface area contributed by atoms with E-state index < -0.39 is 19.5 Å². The minimum absolute atomic E-state index is 0.00100. The van der Waals surface area contributed by atoms with Gasteiger partial charge in [-0.15, -0.1) is 5.10 Å². The smallest absolute Gasteiger partial charge is 0.264 e. The Morgan fingerprint density at radius 2 is 1.70 bits per heavy atom. The van der Waals surface area contributed by atoms with Gasteiger partial charge >= 0.3 is 0 Å². The molecule has 0 aliphatic carbocycles. The Balaban J connectivity index is 1.08. The number of fused-ring (bicyclic) bond motifs is 2. The average molecular weight is 736 g/mol. The largest absolute Gasteiger partial charge is 0.432 e. The summed E-state index contributed by atoms with van der Waals surface area (Å²) in [4.78, 5) is 47.0. The maximum absolute atomic E-state index is 15.0. The lowest BCUT2D eigenvalue weighted by atomic mass is 9.82. The minimum atomic E-state index is -2.83. The van der Waals surface area contributed by atoms with Gasteiger partial charge in [-0.05, 0) is 81.3 Å². The lowest BCUT2D eigenvalue weighted by Crippen LogP contribution is -2.55. The molecule has 4 atom stereocenters. The van der Waals surface area contributed by atoms with Crippen molar-refractivity contribution in [1.29, 1.82) is 0 Å². The van der Waals surface area contributed by atoms with Gasteiger partial charge in [0.1, 0.15) is 5.54 Å². The van der Waals surface area contributed by atoms with Crippen LogP contribution in [-0.4, -0.2) is 83.0 Å². The maximum atomic E-state index is 15.0. The van der Waals surface area contributed by atoms with E-state index in [-0.39, 0.29) is 36.0 Å². The van der Waals surface area contributed by atoms with Gasteiger partial charge < -0.3 is 29.8 Å². The van der Waals surface area contributed by atoms with Crippen LogP contribution in [0.25, 0.3) is 0 Å². The number of aliphatic hydroxyl groups excluding tert-OH is 1. The molecule has 278 valence electrons. The predicted octanol–water partition coefficient (Wildman–Crippen LogP) is 4.18. The summed E-state index contributed by atoms with van der Waals surface area (Å²) in [6, 6.07) is 26.1. The summed E-state index contributed by atoms with van der Waals surface area (Å²) in [5, 5.41) is 21.1. The fourth-order valence-electron chi connectivity index (χ4n) is 9.57. The highest BCUT2D eigenvalue weighted by atomic mass is 28.4. The molecule has 3 saturated heterocycles. The van der Waals surface area contributed by atoms with E-state index in [0.29, 0.717) is 38.3 Å². The number of hydrogen-bond donors (Lipinski definition) is 3. The standard InChI is InChI=1S/C40H49N7O5Si/c1-28-36(53(2,3)51)35(16-22-44-26-30(17-23-48)42-43-44)52-40(28)33-14-7-8-15-34(33)45(38(40)50)25-29-10-9-13-32(24-29)46-27-47(31-11-5-4-6-12-31)39(37(46)49)18-20-41-21-19-39/h4-15,24,26,28,35-36,41,48,51H,16-23,25,27H2,1-3H3/t28-,35+,36-,40+/m0/s1. The van der Waals surface area contributed by atoms with Crippen molar-refractivity contribution in [2.24, 2.45) is 5.92 Å². The Hall–Kier alpha value is -4.40. The number of aliphatic hydroxyl groups is 1. The molecule has 8 rings (SSSR count). The van der Waals surface area contributed by atoms with Crippen LogP contribution in [0.4, 0.5) is 17.1 Å². The van der Waals surface area contributed by atoms with Crippen molar-refractivity contribution in [1.82, 2.24) is 20.3 Å². The van der Waals surface area contributed by atoms with Crippen molar-refractivity contribution in [2.75, 3.05) is 41.1 Å². The Bertz CT molecular complexity index is 1980. The molecule has 0 bridgehead atoms.